The molecule has 1 N–H and O–H groups in total. The summed E-state index contributed by atoms with van der Waals surface area (Å²) < 4.78 is 5.66. The normalized spacial score (nSPS) is 13.0. The molecule has 0 atom stereocenters. The molecule has 1 aliphatic rings. The maximum Gasteiger partial charge on any atom is 0.262 e. The molecular formula is C23H24N4O2. The molecule has 0 radical (unpaired) electrons. The van der Waals surface area contributed by atoms with Gasteiger partial charge in [0.15, 0.2) is 6.61 Å². The number of carbonyl (C=O) groups excluding carboxylic acids is 1. The molecule has 3 aromatic rings. The fourth-order valence-corrected chi connectivity index (χ4v) is 3.47. The molecule has 0 saturated heterocycles. The summed E-state index contributed by atoms with van der Waals surface area (Å²) in [5.41, 5.74) is 5.32. The lowest BCUT2D eigenvalue weighted by Gasteiger charge is -2.29. The Labute approximate surface area is 170 Å². The van der Waals surface area contributed by atoms with Gasteiger partial charge in [0, 0.05) is 30.5 Å². The van der Waals surface area contributed by atoms with E-state index in [4.69, 9.17) is 4.74 Å². The molecule has 1 aromatic heterocycles. The first kappa shape index (κ1) is 18.9. The van der Waals surface area contributed by atoms with Gasteiger partial charge < -0.3 is 15.0 Å². The molecule has 2 aromatic carbocycles. The van der Waals surface area contributed by atoms with Gasteiger partial charge in [-0.2, -0.15) is 4.98 Å². The molecular weight excluding hydrogens is 364 g/mol. The zero-order valence-electron chi connectivity index (χ0n) is 16.7. The van der Waals surface area contributed by atoms with Crippen molar-refractivity contribution >= 4 is 17.5 Å². The summed E-state index contributed by atoms with van der Waals surface area (Å²) in [5, 5.41) is 2.84. The molecule has 1 amide bonds. The first-order valence-corrected chi connectivity index (χ1v) is 9.73. The van der Waals surface area contributed by atoms with Crippen molar-refractivity contribution in [3.8, 4) is 5.88 Å². The molecule has 1 aliphatic heterocycles. The number of rotatable bonds is 5. The molecule has 6 heteroatoms. The van der Waals surface area contributed by atoms with Crippen molar-refractivity contribution in [1.82, 2.24) is 9.97 Å². The molecule has 148 valence electrons. The van der Waals surface area contributed by atoms with Gasteiger partial charge in [0.2, 0.25) is 11.8 Å². The van der Waals surface area contributed by atoms with Gasteiger partial charge in [-0.3, -0.25) is 4.79 Å². The predicted molar refractivity (Wildman–Crippen MR) is 113 cm³/mol. The second kappa shape index (κ2) is 8.31. The minimum Gasteiger partial charge on any atom is -0.467 e. The Hall–Kier alpha value is -3.41. The van der Waals surface area contributed by atoms with Gasteiger partial charge in [-0.05, 0) is 49.1 Å². The second-order valence-corrected chi connectivity index (χ2v) is 7.29. The molecule has 0 spiro atoms. The van der Waals surface area contributed by atoms with Crippen LogP contribution in [-0.2, 0) is 17.8 Å². The van der Waals surface area contributed by atoms with Crippen LogP contribution in [0.1, 0.15) is 22.4 Å². The van der Waals surface area contributed by atoms with Gasteiger partial charge in [0.1, 0.15) is 0 Å². The average molecular weight is 388 g/mol. The number of hydrogen-bond acceptors (Lipinski definition) is 5. The van der Waals surface area contributed by atoms with Crippen LogP contribution in [0.5, 0.6) is 5.88 Å². The Bertz CT molecular complexity index is 1030. The van der Waals surface area contributed by atoms with Crippen LogP contribution < -0.4 is 15.0 Å². The van der Waals surface area contributed by atoms with Gasteiger partial charge in [-0.25, -0.2) is 4.98 Å². The smallest absolute Gasteiger partial charge is 0.262 e. The zero-order chi connectivity index (χ0) is 20.2. The van der Waals surface area contributed by atoms with Gasteiger partial charge in [0.25, 0.3) is 5.91 Å². The highest BCUT2D eigenvalue weighted by molar-refractivity contribution is 5.91. The minimum atomic E-state index is -0.222. The van der Waals surface area contributed by atoms with Gasteiger partial charge in [-0.1, -0.05) is 36.4 Å². The summed E-state index contributed by atoms with van der Waals surface area (Å²) in [4.78, 5) is 23.5. The average Bonchev–Trinajstić information content (AvgIpc) is 2.71. The fraction of sp³-hybridized carbons (Fsp3) is 0.261. The first-order chi connectivity index (χ1) is 14.1. The molecule has 6 nitrogen and oxygen atoms in total. The van der Waals surface area contributed by atoms with Crippen LogP contribution in [0.4, 0.5) is 11.6 Å². The number of aromatic nitrogens is 2. The molecule has 29 heavy (non-hydrogen) atoms. The summed E-state index contributed by atoms with van der Waals surface area (Å²) in [6, 6.07) is 17.9. The summed E-state index contributed by atoms with van der Waals surface area (Å²) in [6.45, 7) is 5.41. The summed E-state index contributed by atoms with van der Waals surface area (Å²) >= 11 is 0. The lowest BCUT2D eigenvalue weighted by molar-refractivity contribution is -0.118. The van der Waals surface area contributed by atoms with Crippen LogP contribution in [0.15, 0.2) is 54.6 Å². The van der Waals surface area contributed by atoms with E-state index >= 15 is 0 Å². The fourth-order valence-electron chi connectivity index (χ4n) is 3.47. The van der Waals surface area contributed by atoms with Gasteiger partial charge in [0.05, 0.1) is 0 Å². The Kier molecular flexibility index (Phi) is 5.42. The molecule has 0 bridgehead atoms. The highest BCUT2D eigenvalue weighted by Gasteiger charge is 2.19. The number of nitrogens with zero attached hydrogens (tertiary/aromatic N) is 3. The third kappa shape index (κ3) is 4.71. The Morgan fingerprint density at radius 1 is 1.07 bits per heavy atom. The van der Waals surface area contributed by atoms with Crippen molar-refractivity contribution < 1.29 is 9.53 Å². The van der Waals surface area contributed by atoms with Crippen LogP contribution in [0, 0.1) is 13.8 Å². The van der Waals surface area contributed by atoms with E-state index in [1.165, 1.54) is 11.1 Å². The monoisotopic (exact) mass is 388 g/mol. The highest BCUT2D eigenvalue weighted by Crippen LogP contribution is 2.23. The van der Waals surface area contributed by atoms with Gasteiger partial charge >= 0.3 is 0 Å². The maximum atomic E-state index is 12.2. The number of fused-ring (bicyclic) bond motifs is 1. The lowest BCUT2D eigenvalue weighted by atomic mass is 10.0. The molecule has 0 saturated carbocycles. The van der Waals surface area contributed by atoms with Crippen molar-refractivity contribution in [1.29, 1.82) is 0 Å². The summed E-state index contributed by atoms with van der Waals surface area (Å²) in [5.74, 6) is 0.819. The van der Waals surface area contributed by atoms with E-state index in [0.29, 0.717) is 11.8 Å². The van der Waals surface area contributed by atoms with Crippen LogP contribution in [-0.4, -0.2) is 29.0 Å². The molecule has 4 rings (SSSR count). The van der Waals surface area contributed by atoms with Crippen molar-refractivity contribution in [3.05, 3.63) is 77.0 Å². The molecule has 2 heterocycles. The second-order valence-electron chi connectivity index (χ2n) is 7.29. The van der Waals surface area contributed by atoms with Crippen LogP contribution in [0.25, 0.3) is 0 Å². The van der Waals surface area contributed by atoms with Crippen molar-refractivity contribution in [2.75, 3.05) is 23.4 Å². The number of ether oxygens (including phenoxy) is 1. The van der Waals surface area contributed by atoms with Crippen molar-refractivity contribution in [2.24, 2.45) is 0 Å². The molecule has 0 aliphatic carbocycles. The lowest BCUT2D eigenvalue weighted by Crippen LogP contribution is -2.32. The maximum absolute atomic E-state index is 12.2. The van der Waals surface area contributed by atoms with Crippen molar-refractivity contribution in [3.63, 3.8) is 0 Å². The largest absolute Gasteiger partial charge is 0.467 e. The Balaban J connectivity index is 1.41. The van der Waals surface area contributed by atoms with Crippen LogP contribution in [0.3, 0.4) is 0 Å². The molecule has 0 unspecified atom stereocenters. The standard InChI is InChI=1S/C23H24N4O2/c1-16-6-5-9-20(12-16)25-21(28)15-29-22-13-17(2)24-23(26-22)27-11-10-18-7-3-4-8-19(18)14-27/h3-9,12-13H,10-11,14-15H2,1-2H3,(H,25,28). The number of anilines is 2. The van der Waals surface area contributed by atoms with E-state index in [-0.39, 0.29) is 12.5 Å². The van der Waals surface area contributed by atoms with E-state index in [1.54, 1.807) is 6.07 Å². The van der Waals surface area contributed by atoms with E-state index in [1.807, 2.05) is 38.1 Å². The Morgan fingerprint density at radius 3 is 2.72 bits per heavy atom. The van der Waals surface area contributed by atoms with E-state index in [0.717, 1.165) is 36.5 Å². The topological polar surface area (TPSA) is 67.3 Å². The van der Waals surface area contributed by atoms with E-state index < -0.39 is 0 Å². The third-order valence-corrected chi connectivity index (χ3v) is 4.89. The summed E-state index contributed by atoms with van der Waals surface area (Å²) in [6.07, 6.45) is 0.961. The number of aryl methyl sites for hydroxylation is 2. The number of benzene rings is 2. The minimum absolute atomic E-state index is 0.104. The molecule has 0 fully saturated rings. The quantitative estimate of drug-likeness (QED) is 0.722. The number of hydrogen-bond donors (Lipinski definition) is 1. The Morgan fingerprint density at radius 2 is 1.90 bits per heavy atom. The third-order valence-electron chi connectivity index (χ3n) is 4.89. The van der Waals surface area contributed by atoms with Crippen molar-refractivity contribution in [2.45, 2.75) is 26.8 Å². The number of carbonyl (C=O) groups is 1. The number of nitrogens with one attached hydrogen (secondary N) is 1. The zero-order valence-corrected chi connectivity index (χ0v) is 16.7. The predicted octanol–water partition coefficient (Wildman–Crippen LogP) is 3.67. The number of amides is 1. The summed E-state index contributed by atoms with van der Waals surface area (Å²) in [7, 11) is 0. The highest BCUT2D eigenvalue weighted by atomic mass is 16.5. The van der Waals surface area contributed by atoms with E-state index in [2.05, 4.69) is 44.5 Å². The first-order valence-electron chi connectivity index (χ1n) is 9.73. The van der Waals surface area contributed by atoms with Gasteiger partial charge in [-0.15, -0.1) is 0 Å². The van der Waals surface area contributed by atoms with Crippen LogP contribution >= 0.6 is 0 Å². The van der Waals surface area contributed by atoms with E-state index in [9.17, 15) is 4.79 Å². The SMILES string of the molecule is Cc1cccc(NC(=O)COc2cc(C)nc(N3CCc4ccccc4C3)n2)c1. The van der Waals surface area contributed by atoms with Crippen LogP contribution in [0.2, 0.25) is 0 Å².